The van der Waals surface area contributed by atoms with Gasteiger partial charge in [-0.25, -0.2) is 14.2 Å². The van der Waals surface area contributed by atoms with Crippen molar-refractivity contribution >= 4 is 19.8 Å². The Labute approximate surface area is 153 Å². The van der Waals surface area contributed by atoms with Gasteiger partial charge in [-0.05, 0) is 13.0 Å². The van der Waals surface area contributed by atoms with Crippen molar-refractivity contribution in [2.75, 3.05) is 6.61 Å². The smallest absolute Gasteiger partial charge is 0.477 e. The maximum absolute atomic E-state index is 11.7. The van der Waals surface area contributed by atoms with E-state index in [-0.39, 0.29) is 5.56 Å². The van der Waals surface area contributed by atoms with Gasteiger partial charge in [-0.3, -0.25) is 9.42 Å². The monoisotopic (exact) mass is 407 g/mol. The molecule has 13 heteroatoms. The van der Waals surface area contributed by atoms with Crippen LogP contribution in [0.25, 0.3) is 0 Å². The minimum Gasteiger partial charge on any atom is -0.477 e. The molecule has 1 unspecified atom stereocenters. The molecule has 0 amide bonds. The number of aromatic carboxylic acids is 1. The van der Waals surface area contributed by atoms with Crippen molar-refractivity contribution in [3.05, 3.63) is 30.1 Å². The quantitative estimate of drug-likeness (QED) is 0.256. The molecule has 2 rings (SSSR count). The number of rotatable bonds is 7. The van der Waals surface area contributed by atoms with Crippen LogP contribution in [0, 0.1) is 0 Å². The van der Waals surface area contributed by atoms with Crippen molar-refractivity contribution in [1.29, 1.82) is 0 Å². The Morgan fingerprint density at radius 2 is 2.07 bits per heavy atom. The number of phosphoric ester groups is 1. The van der Waals surface area contributed by atoms with E-state index in [2.05, 4.69) is 9.05 Å². The molecule has 0 aromatic carbocycles. The molecular formula is C14H20N2O10P+. The fourth-order valence-corrected chi connectivity index (χ4v) is 3.06. The molecule has 1 aromatic heterocycles. The second kappa shape index (κ2) is 8.40. The summed E-state index contributed by atoms with van der Waals surface area (Å²) in [5, 5.41) is 29.2. The van der Waals surface area contributed by atoms with Crippen LogP contribution in [0.4, 0.5) is 0 Å². The number of nitrogens with zero attached hydrogens (tertiary/aromatic N) is 1. The molecule has 0 aliphatic carbocycles. The highest BCUT2D eigenvalue weighted by atomic mass is 31.2. The number of aliphatic hydroxyl groups is 2. The van der Waals surface area contributed by atoms with Crippen LogP contribution in [0.1, 0.15) is 23.5 Å². The molecule has 1 aliphatic heterocycles. The van der Waals surface area contributed by atoms with Gasteiger partial charge < -0.3 is 30.3 Å². The average molecular weight is 407 g/mol. The molecule has 6 atom stereocenters. The predicted molar refractivity (Wildman–Crippen MR) is 85.0 cm³/mol. The van der Waals surface area contributed by atoms with E-state index in [1.807, 2.05) is 0 Å². The summed E-state index contributed by atoms with van der Waals surface area (Å²) >= 11 is 0. The van der Waals surface area contributed by atoms with Gasteiger partial charge in [-0.2, -0.15) is 4.57 Å². The summed E-state index contributed by atoms with van der Waals surface area (Å²) in [6, 6.07) is 1.59. The first-order valence-electron chi connectivity index (χ1n) is 7.74. The van der Waals surface area contributed by atoms with Gasteiger partial charge in [-0.1, -0.05) is 0 Å². The van der Waals surface area contributed by atoms with Crippen LogP contribution in [0.15, 0.2) is 24.5 Å². The molecule has 12 nitrogen and oxygen atoms in total. The molecule has 0 spiro atoms. The molecule has 1 fully saturated rings. The van der Waals surface area contributed by atoms with Crippen LogP contribution in [-0.4, -0.2) is 63.1 Å². The first-order valence-corrected chi connectivity index (χ1v) is 9.23. The number of carbonyl (C=O) groups is 2. The van der Waals surface area contributed by atoms with Gasteiger partial charge in [0.1, 0.15) is 23.8 Å². The van der Waals surface area contributed by atoms with Crippen molar-refractivity contribution in [3.63, 3.8) is 0 Å². The lowest BCUT2D eigenvalue weighted by molar-refractivity contribution is -0.765. The fourth-order valence-electron chi connectivity index (χ4n) is 2.28. The number of hydrogen-bond acceptors (Lipinski definition) is 9. The lowest BCUT2D eigenvalue weighted by Crippen LogP contribution is -2.46. The Morgan fingerprint density at radius 1 is 1.41 bits per heavy atom. The fraction of sp³-hybridized carbons (Fsp3) is 0.500. The van der Waals surface area contributed by atoms with E-state index in [0.29, 0.717) is 0 Å². The van der Waals surface area contributed by atoms with Crippen LogP contribution >= 0.6 is 7.82 Å². The molecular weight excluding hydrogens is 387 g/mol. The van der Waals surface area contributed by atoms with Crippen molar-refractivity contribution in [1.82, 2.24) is 0 Å². The number of phosphoric acid groups is 1. The van der Waals surface area contributed by atoms with E-state index in [9.17, 15) is 29.3 Å². The SMILES string of the molecule is C[C@H](N)C(=O)OP(=O)(O)OC[C@H]1O[C@@H]([n+]2cccc(C(=O)O)c2)[C@H](O)[C@@H]1O. The number of pyridine rings is 1. The highest BCUT2D eigenvalue weighted by Gasteiger charge is 2.49. The molecule has 0 radical (unpaired) electrons. The molecule has 6 N–H and O–H groups in total. The Bertz CT molecular complexity index is 757. The zero-order chi connectivity index (χ0) is 20.4. The number of aliphatic hydroxyl groups excluding tert-OH is 2. The van der Waals surface area contributed by atoms with E-state index in [0.717, 1.165) is 0 Å². The first kappa shape index (κ1) is 21.4. The average Bonchev–Trinajstić information content (AvgIpc) is 2.88. The molecule has 27 heavy (non-hydrogen) atoms. The minimum absolute atomic E-state index is 0.0786. The highest BCUT2D eigenvalue weighted by Crippen LogP contribution is 2.44. The van der Waals surface area contributed by atoms with Crippen LogP contribution in [-0.2, 0) is 23.1 Å². The van der Waals surface area contributed by atoms with Crippen LogP contribution < -0.4 is 10.3 Å². The van der Waals surface area contributed by atoms with Gasteiger partial charge in [0.25, 0.3) is 6.23 Å². The Kier molecular flexibility index (Phi) is 6.65. The largest absolute Gasteiger partial charge is 0.529 e. The van der Waals surface area contributed by atoms with Gasteiger partial charge in [0.05, 0.1) is 6.61 Å². The molecule has 0 bridgehead atoms. The summed E-state index contributed by atoms with van der Waals surface area (Å²) in [7, 11) is -4.80. The zero-order valence-electron chi connectivity index (χ0n) is 14.1. The highest BCUT2D eigenvalue weighted by molar-refractivity contribution is 7.48. The molecule has 1 aliphatic rings. The lowest BCUT2D eigenvalue weighted by Gasteiger charge is -2.17. The first-order chi connectivity index (χ1) is 12.5. The maximum atomic E-state index is 11.7. The van der Waals surface area contributed by atoms with E-state index in [4.69, 9.17) is 15.6 Å². The van der Waals surface area contributed by atoms with E-state index in [1.54, 1.807) is 0 Å². The number of carboxylic acid groups (broad SMARTS) is 1. The summed E-state index contributed by atoms with van der Waals surface area (Å²) < 4.78 is 27.2. The van der Waals surface area contributed by atoms with Gasteiger partial charge in [0.2, 0.25) is 0 Å². The van der Waals surface area contributed by atoms with E-state index in [1.165, 1.54) is 36.0 Å². The number of aromatic nitrogens is 1. The normalized spacial score (nSPS) is 28.3. The third-order valence-electron chi connectivity index (χ3n) is 3.68. The predicted octanol–water partition coefficient (Wildman–Crippen LogP) is -1.70. The van der Waals surface area contributed by atoms with E-state index >= 15 is 0 Å². The third-order valence-corrected chi connectivity index (χ3v) is 4.57. The summed E-state index contributed by atoms with van der Waals surface area (Å²) in [4.78, 5) is 31.8. The number of nitrogens with two attached hydrogens (primary N) is 1. The van der Waals surface area contributed by atoms with Gasteiger partial charge >= 0.3 is 19.8 Å². The van der Waals surface area contributed by atoms with Gasteiger partial charge in [-0.15, -0.1) is 0 Å². The summed E-state index contributed by atoms with van der Waals surface area (Å²) in [5.41, 5.74) is 5.13. The zero-order valence-corrected chi connectivity index (χ0v) is 15.0. The molecule has 0 saturated carbocycles. The third kappa shape index (κ3) is 5.30. The van der Waals surface area contributed by atoms with Gasteiger partial charge in [0, 0.05) is 6.07 Å². The molecule has 2 heterocycles. The topological polar surface area (TPSA) is 190 Å². The number of carbonyl (C=O) groups excluding carboxylic acids is 1. The summed E-state index contributed by atoms with van der Waals surface area (Å²) in [6.45, 7) is 0.559. The summed E-state index contributed by atoms with van der Waals surface area (Å²) in [6.07, 6.45) is -2.80. The van der Waals surface area contributed by atoms with Crippen molar-refractivity contribution in [3.8, 4) is 0 Å². The summed E-state index contributed by atoms with van der Waals surface area (Å²) in [5.74, 6) is -2.36. The van der Waals surface area contributed by atoms with Crippen LogP contribution in [0.5, 0.6) is 0 Å². The van der Waals surface area contributed by atoms with Crippen molar-refractivity contribution in [2.24, 2.45) is 5.73 Å². The number of carboxylic acids is 1. The van der Waals surface area contributed by atoms with Crippen molar-refractivity contribution in [2.45, 2.75) is 37.5 Å². The number of hydrogen-bond donors (Lipinski definition) is 5. The van der Waals surface area contributed by atoms with Crippen LogP contribution in [0.3, 0.4) is 0 Å². The Morgan fingerprint density at radius 3 is 2.67 bits per heavy atom. The molecule has 150 valence electrons. The maximum Gasteiger partial charge on any atom is 0.529 e. The Balaban J connectivity index is 2.04. The number of ether oxygens (including phenoxy) is 1. The van der Waals surface area contributed by atoms with Crippen LogP contribution in [0.2, 0.25) is 0 Å². The molecule has 1 aromatic rings. The second-order valence-electron chi connectivity index (χ2n) is 5.85. The Hall–Kier alpha value is -1.92. The van der Waals surface area contributed by atoms with Crippen molar-refractivity contribution < 1.29 is 52.7 Å². The molecule has 1 saturated heterocycles. The van der Waals surface area contributed by atoms with E-state index < -0.39 is 56.9 Å². The standard InChI is InChI=1S/C14H19N2O10P/c1-7(15)14(21)26-27(22,23)24-6-9-10(17)11(18)12(25-9)16-4-2-3-8(5-16)13(19)20/h2-5,7,9-12,17-18H,6,15H2,1H3,(H-,19,20,22,23)/p+1/t7-,9+,10+,11+,12+/m0/s1. The van der Waals surface area contributed by atoms with Gasteiger partial charge in [0.15, 0.2) is 18.5 Å². The second-order valence-corrected chi connectivity index (χ2v) is 7.23. The lowest BCUT2D eigenvalue weighted by atomic mass is 10.1. The minimum atomic E-state index is -4.80.